The molecule has 0 aliphatic heterocycles. The average Bonchev–Trinajstić information content (AvgIpc) is 2.31. The Balaban J connectivity index is 4.24. The van der Waals surface area contributed by atoms with Gasteiger partial charge in [0, 0.05) is 0 Å². The number of thioether (sulfide) groups is 1. The van der Waals surface area contributed by atoms with E-state index in [1.54, 1.807) is 6.26 Å². The zero-order chi connectivity index (χ0) is 15.1. The van der Waals surface area contributed by atoms with Crippen molar-refractivity contribution in [3.05, 3.63) is 0 Å². The monoisotopic (exact) mass is 306 g/mol. The van der Waals surface area contributed by atoms with Gasteiger partial charge in [0.1, 0.15) is 6.04 Å². The molecule has 10 heteroatoms. The fourth-order valence-electron chi connectivity index (χ4n) is 0.978. The molecule has 5 nitrogen and oxygen atoms in total. The van der Waals surface area contributed by atoms with Crippen LogP contribution in [0.15, 0.2) is 0 Å². The van der Waals surface area contributed by atoms with Gasteiger partial charge in [0.15, 0.2) is 0 Å². The van der Waals surface area contributed by atoms with E-state index in [4.69, 9.17) is 5.11 Å². The average molecular weight is 306 g/mol. The zero-order valence-electron chi connectivity index (χ0n) is 9.96. The lowest BCUT2D eigenvalue weighted by atomic mass is 10.2. The molecule has 0 aliphatic rings. The van der Waals surface area contributed by atoms with E-state index in [0.29, 0.717) is 5.75 Å². The van der Waals surface area contributed by atoms with Crippen LogP contribution in [-0.2, 0) is 4.79 Å². The van der Waals surface area contributed by atoms with Gasteiger partial charge in [-0.25, -0.2) is 18.4 Å². The van der Waals surface area contributed by atoms with Crippen LogP contribution >= 0.6 is 11.8 Å². The Morgan fingerprint density at radius 3 is 2.37 bits per heavy atom. The predicted molar refractivity (Wildman–Crippen MR) is 61.9 cm³/mol. The van der Waals surface area contributed by atoms with Crippen LogP contribution in [0.25, 0.3) is 0 Å². The second-order valence-electron chi connectivity index (χ2n) is 3.56. The van der Waals surface area contributed by atoms with Crippen LogP contribution in [0.2, 0.25) is 0 Å². The Labute approximate surface area is 111 Å². The molecule has 0 radical (unpaired) electrons. The van der Waals surface area contributed by atoms with Gasteiger partial charge < -0.3 is 15.7 Å². The summed E-state index contributed by atoms with van der Waals surface area (Å²) in [5.41, 5.74) is 0. The fraction of sp³-hybridized carbons (Fsp3) is 0.778. The number of carbonyl (C=O) groups excluding carboxylic acids is 1. The van der Waals surface area contributed by atoms with Gasteiger partial charge in [-0.2, -0.15) is 20.5 Å². The molecular weight excluding hydrogens is 292 g/mol. The summed E-state index contributed by atoms with van der Waals surface area (Å²) in [6.07, 6.45) is -2.09. The van der Waals surface area contributed by atoms with Crippen molar-refractivity contribution < 1.29 is 32.3 Å². The number of carboxylic acid groups (broad SMARTS) is 1. The molecular formula is C9H14F4N2O3S. The second-order valence-corrected chi connectivity index (χ2v) is 4.55. The van der Waals surface area contributed by atoms with Gasteiger partial charge in [-0.1, -0.05) is 0 Å². The van der Waals surface area contributed by atoms with Crippen LogP contribution in [0.3, 0.4) is 0 Å². The van der Waals surface area contributed by atoms with E-state index in [1.165, 1.54) is 17.1 Å². The molecule has 0 saturated carbocycles. The second kappa shape index (κ2) is 8.08. The molecule has 3 N–H and O–H groups in total. The molecule has 0 rings (SSSR count). The van der Waals surface area contributed by atoms with Crippen molar-refractivity contribution in [1.29, 1.82) is 0 Å². The number of carbonyl (C=O) groups is 2. The quantitative estimate of drug-likeness (QED) is 0.592. The Bertz CT molecular complexity index is 318. The smallest absolute Gasteiger partial charge is 0.326 e. The normalized spacial score (nSPS) is 13.2. The first-order chi connectivity index (χ1) is 8.70. The third-order valence-corrected chi connectivity index (χ3v) is 2.66. The number of rotatable bonds is 8. The molecule has 1 atom stereocenters. The summed E-state index contributed by atoms with van der Waals surface area (Å²) in [4.78, 5) is 21.9. The number of alkyl halides is 4. The summed E-state index contributed by atoms with van der Waals surface area (Å²) < 4.78 is 48.6. The van der Waals surface area contributed by atoms with E-state index in [9.17, 15) is 27.2 Å². The Hall–Kier alpha value is -1.19. The van der Waals surface area contributed by atoms with Crippen LogP contribution in [0.1, 0.15) is 6.42 Å². The minimum Gasteiger partial charge on any atom is -0.480 e. The first-order valence-electron chi connectivity index (χ1n) is 5.12. The number of nitrogens with one attached hydrogen (secondary N) is 2. The summed E-state index contributed by atoms with van der Waals surface area (Å²) in [5, 5.41) is 12.2. The summed E-state index contributed by atoms with van der Waals surface area (Å²) in [5.74, 6) is -5.25. The lowest BCUT2D eigenvalue weighted by Gasteiger charge is -2.18. The fourth-order valence-corrected chi connectivity index (χ4v) is 1.45. The maximum absolute atomic E-state index is 12.5. The molecule has 0 unspecified atom stereocenters. The Morgan fingerprint density at radius 2 is 1.95 bits per heavy atom. The van der Waals surface area contributed by atoms with E-state index >= 15 is 0 Å². The minimum atomic E-state index is -4.35. The Morgan fingerprint density at radius 1 is 1.37 bits per heavy atom. The number of halogens is 4. The van der Waals surface area contributed by atoms with Gasteiger partial charge in [-0.3, -0.25) is 0 Å². The third-order valence-electron chi connectivity index (χ3n) is 2.02. The van der Waals surface area contributed by atoms with Crippen LogP contribution in [0, 0.1) is 0 Å². The topological polar surface area (TPSA) is 78.4 Å². The first kappa shape index (κ1) is 17.8. The highest BCUT2D eigenvalue weighted by Gasteiger charge is 2.41. The standard InChI is InChI=1S/C9H14F4N2O3S/c1-19-3-2-5(6(16)17)15-8(18)14-4-9(12,13)7(10)11/h5,7H,2-4H2,1H3,(H,16,17)(H2,14,15,18)/t5-/m1/s1. The van der Waals surface area contributed by atoms with Crippen molar-refractivity contribution in [1.82, 2.24) is 10.6 Å². The molecule has 0 saturated heterocycles. The van der Waals surface area contributed by atoms with Crippen molar-refractivity contribution >= 4 is 23.8 Å². The molecule has 19 heavy (non-hydrogen) atoms. The van der Waals surface area contributed by atoms with Crippen molar-refractivity contribution in [3.63, 3.8) is 0 Å². The maximum Gasteiger partial charge on any atom is 0.326 e. The van der Waals surface area contributed by atoms with Crippen LogP contribution < -0.4 is 10.6 Å². The molecule has 112 valence electrons. The molecule has 2 amide bonds. The van der Waals surface area contributed by atoms with Gasteiger partial charge in [-0.05, 0) is 18.4 Å². The molecule has 0 aliphatic carbocycles. The van der Waals surface area contributed by atoms with Crippen molar-refractivity contribution in [2.24, 2.45) is 0 Å². The van der Waals surface area contributed by atoms with Crippen molar-refractivity contribution in [3.8, 4) is 0 Å². The number of hydrogen-bond acceptors (Lipinski definition) is 3. The van der Waals surface area contributed by atoms with Crippen LogP contribution in [0.5, 0.6) is 0 Å². The molecule has 0 aromatic heterocycles. The van der Waals surface area contributed by atoms with Gasteiger partial charge in [0.2, 0.25) is 0 Å². The molecule has 0 spiro atoms. The highest BCUT2D eigenvalue weighted by atomic mass is 32.2. The number of aliphatic carboxylic acids is 1. The highest BCUT2D eigenvalue weighted by molar-refractivity contribution is 7.98. The highest BCUT2D eigenvalue weighted by Crippen LogP contribution is 2.21. The zero-order valence-corrected chi connectivity index (χ0v) is 10.8. The van der Waals surface area contributed by atoms with Gasteiger partial charge >= 0.3 is 24.3 Å². The van der Waals surface area contributed by atoms with E-state index in [1.807, 2.05) is 5.32 Å². The lowest BCUT2D eigenvalue weighted by Crippen LogP contribution is -2.50. The maximum atomic E-state index is 12.5. The molecule has 0 aromatic carbocycles. The lowest BCUT2D eigenvalue weighted by molar-refractivity contribution is -0.139. The van der Waals surface area contributed by atoms with Gasteiger partial charge in [-0.15, -0.1) is 0 Å². The first-order valence-corrected chi connectivity index (χ1v) is 6.52. The number of hydrogen-bond donors (Lipinski definition) is 3. The SMILES string of the molecule is CSCC[C@@H](NC(=O)NCC(F)(F)C(F)F)C(=O)O. The Kier molecular flexibility index (Phi) is 7.57. The largest absolute Gasteiger partial charge is 0.480 e. The molecule has 0 fully saturated rings. The van der Waals surface area contributed by atoms with Crippen molar-refractivity contribution in [2.75, 3.05) is 18.6 Å². The third kappa shape index (κ3) is 7.09. The van der Waals surface area contributed by atoms with E-state index in [0.717, 1.165) is 0 Å². The predicted octanol–water partition coefficient (Wildman–Crippen LogP) is 1.39. The van der Waals surface area contributed by atoms with Crippen LogP contribution in [-0.4, -0.2) is 54.1 Å². The molecule has 0 bridgehead atoms. The van der Waals surface area contributed by atoms with Gasteiger partial charge in [0.25, 0.3) is 0 Å². The van der Waals surface area contributed by atoms with E-state index in [-0.39, 0.29) is 6.42 Å². The van der Waals surface area contributed by atoms with Crippen LogP contribution in [0.4, 0.5) is 22.4 Å². The minimum absolute atomic E-state index is 0.0924. The summed E-state index contributed by atoms with van der Waals surface area (Å²) in [6, 6.07) is -2.48. The van der Waals surface area contributed by atoms with E-state index in [2.05, 4.69) is 0 Å². The summed E-state index contributed by atoms with van der Waals surface area (Å²) in [6.45, 7) is -1.56. The van der Waals surface area contributed by atoms with Crippen molar-refractivity contribution in [2.45, 2.75) is 24.8 Å². The van der Waals surface area contributed by atoms with E-state index < -0.39 is 36.9 Å². The summed E-state index contributed by atoms with van der Waals surface area (Å²) in [7, 11) is 0. The number of urea groups is 1. The number of amides is 2. The number of carboxylic acids is 1. The summed E-state index contributed by atoms with van der Waals surface area (Å²) >= 11 is 1.34. The molecule has 0 aromatic rings. The molecule has 0 heterocycles. The van der Waals surface area contributed by atoms with Gasteiger partial charge in [0.05, 0.1) is 6.54 Å².